The molecule has 1 aromatic carbocycles. The number of fused-ring (bicyclic) bond motifs is 3. The van der Waals surface area contributed by atoms with Gasteiger partial charge in [-0.05, 0) is 25.1 Å². The molecule has 0 spiro atoms. The van der Waals surface area contributed by atoms with Gasteiger partial charge in [0.2, 0.25) is 0 Å². The lowest BCUT2D eigenvalue weighted by atomic mass is 9.85. The van der Waals surface area contributed by atoms with Crippen molar-refractivity contribution in [2.75, 3.05) is 26.9 Å². The van der Waals surface area contributed by atoms with Crippen LogP contribution in [0, 0.1) is 24.6 Å². The molecule has 4 rings (SSSR count). The van der Waals surface area contributed by atoms with Gasteiger partial charge in [-0.25, -0.2) is 4.39 Å². The molecule has 1 saturated heterocycles. The topological polar surface area (TPSA) is 47.7 Å². The zero-order valence-electron chi connectivity index (χ0n) is 13.9. The molecule has 2 aromatic rings. The Kier molecular flexibility index (Phi) is 4.02. The van der Waals surface area contributed by atoms with Crippen molar-refractivity contribution in [3.8, 4) is 5.75 Å². The summed E-state index contributed by atoms with van der Waals surface area (Å²) >= 11 is 0. The number of methoxy groups -OCH3 is 1. The maximum absolute atomic E-state index is 13.8. The summed E-state index contributed by atoms with van der Waals surface area (Å²) in [7, 11) is 1.72. The molecule has 3 atom stereocenters. The molecule has 0 amide bonds. The first-order chi connectivity index (χ1) is 11.7. The maximum atomic E-state index is 13.8. The van der Waals surface area contributed by atoms with E-state index < -0.39 is 0 Å². The molecular weight excluding hydrogens is 311 g/mol. The number of hydrogen-bond donors (Lipinski definition) is 0. The molecule has 5 nitrogen and oxygen atoms in total. The zero-order valence-corrected chi connectivity index (χ0v) is 13.9. The van der Waals surface area contributed by atoms with Crippen LogP contribution in [-0.2, 0) is 11.3 Å². The monoisotopic (exact) mass is 332 g/mol. The number of likely N-dealkylation sites (tertiary alicyclic amines) is 1. The molecule has 2 aliphatic rings. The third kappa shape index (κ3) is 2.70. The summed E-state index contributed by atoms with van der Waals surface area (Å²) in [6.07, 6.45) is 0. The van der Waals surface area contributed by atoms with Crippen molar-refractivity contribution in [3.05, 3.63) is 47.1 Å². The van der Waals surface area contributed by atoms with Crippen molar-refractivity contribution in [1.29, 1.82) is 0 Å². The lowest BCUT2D eigenvalue weighted by Gasteiger charge is -2.34. The quantitative estimate of drug-likeness (QED) is 0.861. The van der Waals surface area contributed by atoms with E-state index in [1.807, 2.05) is 13.0 Å². The van der Waals surface area contributed by atoms with E-state index in [0.717, 1.165) is 29.3 Å². The van der Waals surface area contributed by atoms with Gasteiger partial charge in [0, 0.05) is 49.7 Å². The number of nitrogens with zero attached hydrogens (tertiary/aromatic N) is 2. The van der Waals surface area contributed by atoms with E-state index in [-0.39, 0.29) is 17.8 Å². The number of halogens is 1. The second-order valence-electron chi connectivity index (χ2n) is 6.68. The highest BCUT2D eigenvalue weighted by Crippen LogP contribution is 2.48. The van der Waals surface area contributed by atoms with Crippen LogP contribution in [-0.4, -0.2) is 36.9 Å². The van der Waals surface area contributed by atoms with Gasteiger partial charge in [-0.3, -0.25) is 4.90 Å². The molecule has 0 radical (unpaired) electrons. The van der Waals surface area contributed by atoms with Crippen LogP contribution >= 0.6 is 0 Å². The lowest BCUT2D eigenvalue weighted by molar-refractivity contribution is 0.0979. The minimum absolute atomic E-state index is 0.113. The molecule has 3 heterocycles. The van der Waals surface area contributed by atoms with Gasteiger partial charge < -0.3 is 14.0 Å². The molecule has 0 unspecified atom stereocenters. The Bertz CT molecular complexity index is 733. The predicted octanol–water partition coefficient (Wildman–Crippen LogP) is 2.95. The van der Waals surface area contributed by atoms with E-state index in [4.69, 9.17) is 14.0 Å². The molecule has 0 saturated carbocycles. The van der Waals surface area contributed by atoms with E-state index in [0.29, 0.717) is 25.7 Å². The highest BCUT2D eigenvalue weighted by Gasteiger charge is 2.46. The Morgan fingerprint density at radius 2 is 2.25 bits per heavy atom. The molecule has 0 bridgehead atoms. The van der Waals surface area contributed by atoms with E-state index >= 15 is 0 Å². The number of ether oxygens (including phenoxy) is 2. The SMILES string of the molecule is COC[C@@H]1CN(Cc2cc(C)on2)[C@H]2c3cc(F)ccc3OC[C@@H]12. The van der Waals surface area contributed by atoms with Gasteiger partial charge in [0.25, 0.3) is 0 Å². The maximum Gasteiger partial charge on any atom is 0.133 e. The van der Waals surface area contributed by atoms with Gasteiger partial charge in [-0.1, -0.05) is 5.16 Å². The zero-order chi connectivity index (χ0) is 16.7. The summed E-state index contributed by atoms with van der Waals surface area (Å²) in [6, 6.07) is 6.84. The molecular formula is C18H21FN2O3. The number of rotatable bonds is 4. The average molecular weight is 332 g/mol. The minimum atomic E-state index is -0.231. The van der Waals surface area contributed by atoms with Crippen molar-refractivity contribution in [1.82, 2.24) is 10.1 Å². The third-order valence-corrected chi connectivity index (χ3v) is 5.02. The standard InChI is InChI=1S/C18H21FN2O3/c1-11-5-14(20-24-11)8-21-7-12(9-22-2)16-10-23-17-4-3-13(19)6-15(17)18(16)21/h3-6,12,16,18H,7-10H2,1-2H3/t12-,16-,18-/m0/s1. The normalized spacial score (nSPS) is 26.0. The number of aromatic nitrogens is 1. The second-order valence-corrected chi connectivity index (χ2v) is 6.68. The van der Waals surface area contributed by atoms with E-state index in [1.165, 1.54) is 6.07 Å². The van der Waals surface area contributed by atoms with Crippen LogP contribution in [0.1, 0.15) is 23.1 Å². The minimum Gasteiger partial charge on any atom is -0.493 e. The van der Waals surface area contributed by atoms with Gasteiger partial charge in [-0.15, -0.1) is 0 Å². The molecule has 1 aromatic heterocycles. The third-order valence-electron chi connectivity index (χ3n) is 5.02. The number of aryl methyl sites for hydroxylation is 1. The first kappa shape index (κ1) is 15.6. The van der Waals surface area contributed by atoms with Crippen LogP contribution in [0.4, 0.5) is 4.39 Å². The molecule has 0 N–H and O–H groups in total. The fourth-order valence-corrected chi connectivity index (χ4v) is 4.06. The number of benzene rings is 1. The summed E-state index contributed by atoms with van der Waals surface area (Å²) in [6.45, 7) is 4.73. The highest BCUT2D eigenvalue weighted by molar-refractivity contribution is 5.39. The Labute approximate surface area is 140 Å². The van der Waals surface area contributed by atoms with Gasteiger partial charge in [-0.2, -0.15) is 0 Å². The van der Waals surface area contributed by atoms with Crippen LogP contribution in [0.15, 0.2) is 28.8 Å². The van der Waals surface area contributed by atoms with Gasteiger partial charge in [0.1, 0.15) is 17.3 Å². The van der Waals surface area contributed by atoms with Crippen molar-refractivity contribution in [3.63, 3.8) is 0 Å². The van der Waals surface area contributed by atoms with Crippen LogP contribution in [0.3, 0.4) is 0 Å². The molecule has 6 heteroatoms. The largest absolute Gasteiger partial charge is 0.493 e. The summed E-state index contributed by atoms with van der Waals surface area (Å²) in [5.74, 6) is 1.98. The lowest BCUT2D eigenvalue weighted by Crippen LogP contribution is -2.32. The van der Waals surface area contributed by atoms with E-state index in [2.05, 4.69) is 10.1 Å². The van der Waals surface area contributed by atoms with Gasteiger partial charge >= 0.3 is 0 Å². The molecule has 0 aliphatic carbocycles. The van der Waals surface area contributed by atoms with E-state index in [1.54, 1.807) is 19.2 Å². The number of hydrogen-bond acceptors (Lipinski definition) is 5. The van der Waals surface area contributed by atoms with Gasteiger partial charge in [0.15, 0.2) is 0 Å². The van der Waals surface area contributed by atoms with Crippen LogP contribution < -0.4 is 4.74 Å². The molecule has 24 heavy (non-hydrogen) atoms. The van der Waals surface area contributed by atoms with Gasteiger partial charge in [0.05, 0.1) is 18.9 Å². The summed E-state index contributed by atoms with van der Waals surface area (Å²) < 4.78 is 30.3. The molecule has 1 fully saturated rings. The van der Waals surface area contributed by atoms with Crippen molar-refractivity contribution in [2.45, 2.75) is 19.5 Å². The van der Waals surface area contributed by atoms with Crippen LogP contribution in [0.2, 0.25) is 0 Å². The summed E-state index contributed by atoms with van der Waals surface area (Å²) in [4.78, 5) is 2.34. The average Bonchev–Trinajstić information content (AvgIpc) is 3.12. The second kappa shape index (κ2) is 6.18. The Morgan fingerprint density at radius 1 is 1.38 bits per heavy atom. The summed E-state index contributed by atoms with van der Waals surface area (Å²) in [5, 5.41) is 4.11. The smallest absolute Gasteiger partial charge is 0.133 e. The van der Waals surface area contributed by atoms with Crippen molar-refractivity contribution < 1.29 is 18.4 Å². The fourth-order valence-electron chi connectivity index (χ4n) is 4.06. The summed E-state index contributed by atoms with van der Waals surface area (Å²) in [5.41, 5.74) is 1.82. The molecule has 128 valence electrons. The predicted molar refractivity (Wildman–Crippen MR) is 85.1 cm³/mol. The van der Waals surface area contributed by atoms with Crippen molar-refractivity contribution in [2.24, 2.45) is 11.8 Å². The van der Waals surface area contributed by atoms with Crippen LogP contribution in [0.25, 0.3) is 0 Å². The Hall–Kier alpha value is -1.92. The highest BCUT2D eigenvalue weighted by atomic mass is 19.1. The Morgan fingerprint density at radius 3 is 3.00 bits per heavy atom. The fraction of sp³-hybridized carbons (Fsp3) is 0.500. The van der Waals surface area contributed by atoms with Crippen molar-refractivity contribution >= 4 is 0 Å². The van der Waals surface area contributed by atoms with Crippen LogP contribution in [0.5, 0.6) is 5.75 Å². The first-order valence-corrected chi connectivity index (χ1v) is 8.23. The Balaban J connectivity index is 1.68. The molecule has 2 aliphatic heterocycles. The van der Waals surface area contributed by atoms with E-state index in [9.17, 15) is 4.39 Å². The first-order valence-electron chi connectivity index (χ1n) is 8.23.